The molecule has 0 aliphatic heterocycles. The number of nitriles is 1. The number of rotatable bonds is 5. The Labute approximate surface area is 109 Å². The predicted octanol–water partition coefficient (Wildman–Crippen LogP) is 4.45. The first-order valence-electron chi connectivity index (χ1n) is 6.08. The van der Waals surface area contributed by atoms with Crippen LogP contribution in [-0.2, 0) is 0 Å². The van der Waals surface area contributed by atoms with Gasteiger partial charge in [-0.2, -0.15) is 5.26 Å². The van der Waals surface area contributed by atoms with Crippen molar-refractivity contribution >= 4 is 17.3 Å². The number of hydrogen-bond donors (Lipinski definition) is 1. The smallest absolute Gasteiger partial charge is 0.101 e. The van der Waals surface area contributed by atoms with Gasteiger partial charge in [0.1, 0.15) is 6.07 Å². The molecule has 0 heterocycles. The summed E-state index contributed by atoms with van der Waals surface area (Å²) in [6, 6.07) is 7.91. The normalized spacial score (nSPS) is 12.2. The van der Waals surface area contributed by atoms with Crippen LogP contribution in [0.15, 0.2) is 18.2 Å². The van der Waals surface area contributed by atoms with Crippen LogP contribution in [0, 0.1) is 17.2 Å². The van der Waals surface area contributed by atoms with E-state index in [1.807, 2.05) is 12.1 Å². The fourth-order valence-electron chi connectivity index (χ4n) is 2.09. The van der Waals surface area contributed by atoms with Gasteiger partial charge in [0.15, 0.2) is 0 Å². The van der Waals surface area contributed by atoms with Crippen LogP contribution in [0.5, 0.6) is 0 Å². The second-order valence-electron chi connectivity index (χ2n) is 4.31. The molecule has 1 aromatic rings. The number of hydrogen-bond acceptors (Lipinski definition) is 2. The molecule has 0 aliphatic carbocycles. The predicted molar refractivity (Wildman–Crippen MR) is 73.3 cm³/mol. The Hall–Kier alpha value is -1.20. The van der Waals surface area contributed by atoms with Gasteiger partial charge >= 0.3 is 0 Å². The number of nitrogens with one attached hydrogen (secondary N) is 1. The van der Waals surface area contributed by atoms with Gasteiger partial charge in [-0.3, -0.25) is 0 Å². The van der Waals surface area contributed by atoms with Gasteiger partial charge in [-0.15, -0.1) is 0 Å². The van der Waals surface area contributed by atoms with Crippen molar-refractivity contribution in [1.82, 2.24) is 0 Å². The average molecular weight is 251 g/mol. The van der Waals surface area contributed by atoms with Crippen LogP contribution in [0.4, 0.5) is 5.69 Å². The minimum absolute atomic E-state index is 0.360. The van der Waals surface area contributed by atoms with E-state index < -0.39 is 0 Å². The summed E-state index contributed by atoms with van der Waals surface area (Å²) in [7, 11) is 0. The van der Waals surface area contributed by atoms with E-state index in [1.54, 1.807) is 6.07 Å². The standard InChI is InChI=1S/C14H19ClN2/c1-4-11(5-2)10(3)17-14-7-6-13(15)8-12(14)9-16/h6-8,10-11,17H,4-5H2,1-3H3. The molecule has 0 aromatic heterocycles. The SMILES string of the molecule is CCC(CC)C(C)Nc1ccc(Cl)cc1C#N. The van der Waals surface area contributed by atoms with Crippen LogP contribution >= 0.6 is 11.6 Å². The van der Waals surface area contributed by atoms with Crippen molar-refractivity contribution in [2.75, 3.05) is 5.32 Å². The molecule has 0 spiro atoms. The van der Waals surface area contributed by atoms with Crippen LogP contribution in [0.1, 0.15) is 39.2 Å². The number of benzene rings is 1. The van der Waals surface area contributed by atoms with Crippen molar-refractivity contribution in [1.29, 1.82) is 5.26 Å². The van der Waals surface area contributed by atoms with Crippen molar-refractivity contribution in [3.8, 4) is 6.07 Å². The molecule has 0 radical (unpaired) electrons. The molecule has 0 amide bonds. The van der Waals surface area contributed by atoms with E-state index in [0.717, 1.165) is 18.5 Å². The van der Waals surface area contributed by atoms with Gasteiger partial charge in [0, 0.05) is 11.1 Å². The second-order valence-corrected chi connectivity index (χ2v) is 4.75. The third-order valence-corrected chi connectivity index (χ3v) is 3.48. The fourth-order valence-corrected chi connectivity index (χ4v) is 2.27. The maximum absolute atomic E-state index is 9.06. The zero-order valence-corrected chi connectivity index (χ0v) is 11.4. The molecule has 2 nitrogen and oxygen atoms in total. The van der Waals surface area contributed by atoms with E-state index in [-0.39, 0.29) is 0 Å². The lowest BCUT2D eigenvalue weighted by Crippen LogP contribution is -2.25. The van der Waals surface area contributed by atoms with Gasteiger partial charge < -0.3 is 5.32 Å². The maximum atomic E-state index is 9.06. The molecule has 1 atom stereocenters. The molecule has 1 unspecified atom stereocenters. The highest BCUT2D eigenvalue weighted by Crippen LogP contribution is 2.23. The molecule has 0 aliphatic rings. The van der Waals surface area contributed by atoms with Crippen molar-refractivity contribution in [2.24, 2.45) is 5.92 Å². The number of anilines is 1. The van der Waals surface area contributed by atoms with Gasteiger partial charge in [0.05, 0.1) is 11.3 Å². The highest BCUT2D eigenvalue weighted by Gasteiger charge is 2.14. The van der Waals surface area contributed by atoms with Gasteiger partial charge in [0.2, 0.25) is 0 Å². The first kappa shape index (κ1) is 13.9. The van der Waals surface area contributed by atoms with Crippen molar-refractivity contribution in [3.63, 3.8) is 0 Å². The van der Waals surface area contributed by atoms with Crippen LogP contribution in [0.25, 0.3) is 0 Å². The van der Waals surface area contributed by atoms with E-state index in [4.69, 9.17) is 16.9 Å². The molecule has 0 bridgehead atoms. The maximum Gasteiger partial charge on any atom is 0.101 e. The summed E-state index contributed by atoms with van der Waals surface area (Å²) >= 11 is 5.87. The summed E-state index contributed by atoms with van der Waals surface area (Å²) in [6.07, 6.45) is 2.28. The van der Waals surface area contributed by atoms with Gasteiger partial charge in [-0.25, -0.2) is 0 Å². The molecule has 17 heavy (non-hydrogen) atoms. The molecule has 0 fully saturated rings. The topological polar surface area (TPSA) is 35.8 Å². The Balaban J connectivity index is 2.85. The monoisotopic (exact) mass is 250 g/mol. The minimum Gasteiger partial charge on any atom is -0.381 e. The highest BCUT2D eigenvalue weighted by atomic mass is 35.5. The molecular formula is C14H19ClN2. The van der Waals surface area contributed by atoms with Crippen LogP contribution in [0.3, 0.4) is 0 Å². The van der Waals surface area contributed by atoms with Crippen LogP contribution < -0.4 is 5.32 Å². The Kier molecular flexibility index (Phi) is 5.31. The summed E-state index contributed by atoms with van der Waals surface area (Å²) in [4.78, 5) is 0. The first-order valence-corrected chi connectivity index (χ1v) is 6.46. The van der Waals surface area contributed by atoms with Crippen LogP contribution in [0.2, 0.25) is 5.02 Å². The molecule has 3 heteroatoms. The first-order chi connectivity index (χ1) is 8.12. The average Bonchev–Trinajstić information content (AvgIpc) is 2.33. The number of nitrogens with zero attached hydrogens (tertiary/aromatic N) is 1. The summed E-state index contributed by atoms with van der Waals surface area (Å²) in [5.74, 6) is 0.622. The Morgan fingerprint density at radius 1 is 1.35 bits per heavy atom. The lowest BCUT2D eigenvalue weighted by molar-refractivity contribution is 0.438. The summed E-state index contributed by atoms with van der Waals surface area (Å²) < 4.78 is 0. The van der Waals surface area contributed by atoms with Crippen molar-refractivity contribution < 1.29 is 0 Å². The molecular weight excluding hydrogens is 232 g/mol. The molecule has 1 rings (SSSR count). The number of halogens is 1. The van der Waals surface area contributed by atoms with Crippen molar-refractivity contribution in [2.45, 2.75) is 39.7 Å². The van der Waals surface area contributed by atoms with E-state index in [0.29, 0.717) is 22.5 Å². The zero-order chi connectivity index (χ0) is 12.8. The Morgan fingerprint density at radius 3 is 2.53 bits per heavy atom. The van der Waals surface area contributed by atoms with Crippen molar-refractivity contribution in [3.05, 3.63) is 28.8 Å². The third-order valence-electron chi connectivity index (χ3n) is 3.24. The Morgan fingerprint density at radius 2 is 2.00 bits per heavy atom. The van der Waals surface area contributed by atoms with E-state index in [1.165, 1.54) is 0 Å². The molecule has 1 aromatic carbocycles. The van der Waals surface area contributed by atoms with E-state index in [9.17, 15) is 0 Å². The largest absolute Gasteiger partial charge is 0.381 e. The summed E-state index contributed by atoms with van der Waals surface area (Å²) in [5, 5.41) is 13.1. The lowest BCUT2D eigenvalue weighted by atomic mass is 9.95. The van der Waals surface area contributed by atoms with E-state index in [2.05, 4.69) is 32.2 Å². The van der Waals surface area contributed by atoms with Gasteiger partial charge in [-0.05, 0) is 31.0 Å². The molecule has 0 saturated carbocycles. The van der Waals surface area contributed by atoms with Gasteiger partial charge in [-0.1, -0.05) is 38.3 Å². The third kappa shape index (κ3) is 3.64. The van der Waals surface area contributed by atoms with Gasteiger partial charge in [0.25, 0.3) is 0 Å². The zero-order valence-electron chi connectivity index (χ0n) is 10.6. The molecule has 0 saturated heterocycles. The summed E-state index contributed by atoms with van der Waals surface area (Å²) in [6.45, 7) is 6.55. The molecule has 92 valence electrons. The minimum atomic E-state index is 0.360. The highest BCUT2D eigenvalue weighted by molar-refractivity contribution is 6.30. The quantitative estimate of drug-likeness (QED) is 0.838. The molecule has 1 N–H and O–H groups in total. The summed E-state index contributed by atoms with van der Waals surface area (Å²) in [5.41, 5.74) is 1.48. The second kappa shape index (κ2) is 6.51. The fraction of sp³-hybridized carbons (Fsp3) is 0.500. The Bertz CT molecular complexity index is 405. The van der Waals surface area contributed by atoms with E-state index >= 15 is 0 Å². The lowest BCUT2D eigenvalue weighted by Gasteiger charge is -2.24. The van der Waals surface area contributed by atoms with Crippen LogP contribution in [-0.4, -0.2) is 6.04 Å².